The van der Waals surface area contributed by atoms with Crippen molar-refractivity contribution in [2.24, 2.45) is 0 Å². The van der Waals surface area contributed by atoms with Crippen LogP contribution in [0.2, 0.25) is 10.0 Å². The highest BCUT2D eigenvalue weighted by molar-refractivity contribution is 6.36. The smallest absolute Gasteiger partial charge is 0.242 e. The summed E-state index contributed by atoms with van der Waals surface area (Å²) in [5.41, 5.74) is 2.61. The molecule has 28 heavy (non-hydrogen) atoms. The molecule has 0 saturated heterocycles. The Morgan fingerprint density at radius 2 is 1.64 bits per heavy atom. The molecule has 0 spiro atoms. The van der Waals surface area contributed by atoms with Gasteiger partial charge in [0.05, 0.1) is 6.42 Å². The third kappa shape index (κ3) is 5.98. The fourth-order valence-corrected chi connectivity index (χ4v) is 3.46. The molecule has 0 bridgehead atoms. The summed E-state index contributed by atoms with van der Waals surface area (Å²) in [5.74, 6) is -0.372. The van der Waals surface area contributed by atoms with E-state index in [4.69, 9.17) is 23.2 Å². The van der Waals surface area contributed by atoms with Gasteiger partial charge in [-0.3, -0.25) is 9.59 Å². The van der Waals surface area contributed by atoms with Gasteiger partial charge in [0.25, 0.3) is 0 Å². The van der Waals surface area contributed by atoms with Gasteiger partial charge in [-0.1, -0.05) is 59.1 Å². The standard InChI is InChI=1S/C22H26Cl2N2O2/c1-14(2)25-22(28)16(4)26(13-18-19(23)9-6-10-20(18)24)21(27)12-17-8-5-7-15(3)11-17/h5-11,14,16H,12-13H2,1-4H3,(H,25,28)/t16-/m1/s1. The normalized spacial score (nSPS) is 12.0. The molecule has 0 aliphatic rings. The maximum absolute atomic E-state index is 13.1. The summed E-state index contributed by atoms with van der Waals surface area (Å²) in [6.45, 7) is 7.63. The van der Waals surface area contributed by atoms with E-state index >= 15 is 0 Å². The number of hydrogen-bond acceptors (Lipinski definition) is 2. The molecule has 2 amide bonds. The second-order valence-corrected chi connectivity index (χ2v) is 8.04. The van der Waals surface area contributed by atoms with E-state index < -0.39 is 6.04 Å². The number of amides is 2. The van der Waals surface area contributed by atoms with Gasteiger partial charge in [0.2, 0.25) is 11.8 Å². The van der Waals surface area contributed by atoms with Gasteiger partial charge in [-0.2, -0.15) is 0 Å². The van der Waals surface area contributed by atoms with Gasteiger partial charge in [0.1, 0.15) is 6.04 Å². The molecular formula is C22H26Cl2N2O2. The van der Waals surface area contributed by atoms with E-state index in [0.717, 1.165) is 11.1 Å². The topological polar surface area (TPSA) is 49.4 Å². The third-order valence-electron chi connectivity index (χ3n) is 4.43. The van der Waals surface area contributed by atoms with Crippen LogP contribution in [0.15, 0.2) is 42.5 Å². The summed E-state index contributed by atoms with van der Waals surface area (Å²) in [5, 5.41) is 3.81. The molecule has 6 heteroatoms. The van der Waals surface area contributed by atoms with E-state index in [-0.39, 0.29) is 30.8 Å². The summed E-state index contributed by atoms with van der Waals surface area (Å²) >= 11 is 12.6. The van der Waals surface area contributed by atoms with Crippen molar-refractivity contribution in [3.8, 4) is 0 Å². The molecule has 1 N–H and O–H groups in total. The van der Waals surface area contributed by atoms with Crippen LogP contribution >= 0.6 is 23.2 Å². The van der Waals surface area contributed by atoms with Crippen molar-refractivity contribution >= 4 is 35.0 Å². The molecule has 0 saturated carbocycles. The van der Waals surface area contributed by atoms with Crippen LogP contribution in [0.4, 0.5) is 0 Å². The van der Waals surface area contributed by atoms with Crippen LogP contribution < -0.4 is 5.32 Å². The molecule has 2 rings (SSSR count). The quantitative estimate of drug-likeness (QED) is 0.699. The minimum absolute atomic E-state index is 0.0208. The molecule has 4 nitrogen and oxygen atoms in total. The molecule has 0 aliphatic heterocycles. The molecule has 0 aromatic heterocycles. The first kappa shape index (κ1) is 22.3. The molecule has 0 unspecified atom stereocenters. The van der Waals surface area contributed by atoms with Gasteiger partial charge in [-0.25, -0.2) is 0 Å². The van der Waals surface area contributed by atoms with Crippen molar-refractivity contribution in [2.45, 2.75) is 52.7 Å². The minimum atomic E-state index is -0.660. The van der Waals surface area contributed by atoms with Crippen LogP contribution in [0.25, 0.3) is 0 Å². The van der Waals surface area contributed by atoms with Crippen molar-refractivity contribution < 1.29 is 9.59 Å². The first-order chi connectivity index (χ1) is 13.2. The average molecular weight is 421 g/mol. The molecule has 0 fully saturated rings. The van der Waals surface area contributed by atoms with E-state index in [1.165, 1.54) is 4.90 Å². The van der Waals surface area contributed by atoms with E-state index in [1.54, 1.807) is 25.1 Å². The summed E-state index contributed by atoms with van der Waals surface area (Å²) in [7, 11) is 0. The Balaban J connectivity index is 2.31. The van der Waals surface area contributed by atoms with Crippen LogP contribution in [0, 0.1) is 6.92 Å². The Morgan fingerprint density at radius 3 is 2.21 bits per heavy atom. The molecule has 2 aromatic carbocycles. The van der Waals surface area contributed by atoms with E-state index in [2.05, 4.69) is 5.32 Å². The Hall–Kier alpha value is -2.04. The van der Waals surface area contributed by atoms with Crippen molar-refractivity contribution in [2.75, 3.05) is 0 Å². The van der Waals surface area contributed by atoms with Gasteiger partial charge < -0.3 is 10.2 Å². The van der Waals surface area contributed by atoms with Crippen LogP contribution in [0.5, 0.6) is 0 Å². The highest BCUT2D eigenvalue weighted by atomic mass is 35.5. The maximum atomic E-state index is 13.1. The molecular weight excluding hydrogens is 395 g/mol. The highest BCUT2D eigenvalue weighted by Gasteiger charge is 2.27. The number of carbonyl (C=O) groups excluding carboxylic acids is 2. The number of hydrogen-bond donors (Lipinski definition) is 1. The summed E-state index contributed by atoms with van der Waals surface area (Å²) < 4.78 is 0. The Labute approximate surface area is 176 Å². The lowest BCUT2D eigenvalue weighted by Crippen LogP contribution is -2.49. The molecule has 0 radical (unpaired) electrons. The number of aryl methyl sites for hydroxylation is 1. The predicted molar refractivity (Wildman–Crippen MR) is 115 cm³/mol. The number of halogens is 2. The van der Waals surface area contributed by atoms with Gasteiger partial charge in [0.15, 0.2) is 0 Å². The second kappa shape index (κ2) is 9.94. The fraction of sp³-hybridized carbons (Fsp3) is 0.364. The summed E-state index contributed by atoms with van der Waals surface area (Å²) in [6.07, 6.45) is 0.197. The van der Waals surface area contributed by atoms with Crippen molar-refractivity contribution in [3.63, 3.8) is 0 Å². The van der Waals surface area contributed by atoms with Crippen molar-refractivity contribution in [3.05, 3.63) is 69.2 Å². The SMILES string of the molecule is Cc1cccc(CC(=O)N(Cc2c(Cl)cccc2Cl)[C@H](C)C(=O)NC(C)C)c1. The van der Waals surface area contributed by atoms with Crippen LogP contribution in [-0.2, 0) is 22.6 Å². The second-order valence-electron chi connectivity index (χ2n) is 7.23. The number of benzene rings is 2. The largest absolute Gasteiger partial charge is 0.352 e. The minimum Gasteiger partial charge on any atom is -0.352 e. The highest BCUT2D eigenvalue weighted by Crippen LogP contribution is 2.27. The number of rotatable bonds is 7. The van der Waals surface area contributed by atoms with E-state index in [0.29, 0.717) is 15.6 Å². The first-order valence-electron chi connectivity index (χ1n) is 9.27. The van der Waals surface area contributed by atoms with Crippen LogP contribution in [0.3, 0.4) is 0 Å². The first-order valence-corrected chi connectivity index (χ1v) is 10.0. The average Bonchev–Trinajstić information content (AvgIpc) is 2.60. The predicted octanol–water partition coefficient (Wildman–Crippen LogP) is 4.79. The van der Waals surface area contributed by atoms with Gasteiger partial charge in [-0.15, -0.1) is 0 Å². The van der Waals surface area contributed by atoms with Gasteiger partial charge >= 0.3 is 0 Å². The zero-order valence-corrected chi connectivity index (χ0v) is 18.1. The van der Waals surface area contributed by atoms with Crippen LogP contribution in [0.1, 0.15) is 37.5 Å². The zero-order valence-electron chi connectivity index (χ0n) is 16.6. The van der Waals surface area contributed by atoms with Crippen LogP contribution in [-0.4, -0.2) is 28.8 Å². The van der Waals surface area contributed by atoms with Gasteiger partial charge in [0, 0.05) is 28.2 Å². The fourth-order valence-electron chi connectivity index (χ4n) is 2.94. The Morgan fingerprint density at radius 1 is 1.04 bits per heavy atom. The number of nitrogens with zero attached hydrogens (tertiary/aromatic N) is 1. The van der Waals surface area contributed by atoms with Gasteiger partial charge in [-0.05, 0) is 45.4 Å². The maximum Gasteiger partial charge on any atom is 0.242 e. The zero-order chi connectivity index (χ0) is 20.8. The van der Waals surface area contributed by atoms with Crippen molar-refractivity contribution in [1.29, 1.82) is 0 Å². The Kier molecular flexibility index (Phi) is 7.90. The monoisotopic (exact) mass is 420 g/mol. The Bertz CT molecular complexity index is 832. The lowest BCUT2D eigenvalue weighted by molar-refractivity contribution is -0.140. The summed E-state index contributed by atoms with van der Waals surface area (Å²) in [4.78, 5) is 27.3. The molecule has 0 aliphatic carbocycles. The van der Waals surface area contributed by atoms with Crippen molar-refractivity contribution in [1.82, 2.24) is 10.2 Å². The van der Waals surface area contributed by atoms with E-state index in [1.807, 2.05) is 45.0 Å². The molecule has 0 heterocycles. The number of carbonyl (C=O) groups is 2. The molecule has 1 atom stereocenters. The molecule has 2 aromatic rings. The lowest BCUT2D eigenvalue weighted by atomic mass is 10.1. The summed E-state index contributed by atoms with van der Waals surface area (Å²) in [6, 6.07) is 12.3. The number of nitrogens with one attached hydrogen (secondary N) is 1. The lowest BCUT2D eigenvalue weighted by Gasteiger charge is -2.30. The third-order valence-corrected chi connectivity index (χ3v) is 5.13. The van der Waals surface area contributed by atoms with E-state index in [9.17, 15) is 9.59 Å². The molecule has 150 valence electrons.